The van der Waals surface area contributed by atoms with E-state index in [0.717, 1.165) is 25.3 Å². The zero-order valence-corrected chi connectivity index (χ0v) is 14.8. The number of hydrazine groups is 1. The number of benzene rings is 1. The summed E-state index contributed by atoms with van der Waals surface area (Å²) in [4.78, 5) is 14.7. The van der Waals surface area contributed by atoms with Gasteiger partial charge in [-0.25, -0.2) is 13.4 Å². The van der Waals surface area contributed by atoms with Gasteiger partial charge in [0.15, 0.2) is 5.82 Å². The van der Waals surface area contributed by atoms with Crippen LogP contribution in [0.5, 0.6) is 5.75 Å². The van der Waals surface area contributed by atoms with Crippen LogP contribution in [-0.2, 0) is 16.2 Å². The number of methoxy groups -OCH3 is 1. The average molecular weight is 427 g/mol. The normalized spacial score (nSPS) is 11.9. The number of ether oxygens (including phenoxy) is 1. The minimum absolute atomic E-state index is 0.193. The molecule has 1 heterocycles. The molecule has 1 aromatic heterocycles. The maximum absolute atomic E-state index is 12.6. The minimum atomic E-state index is -4.68. The van der Waals surface area contributed by atoms with Crippen LogP contribution in [0, 0.1) is 10.1 Å². The Hall–Kier alpha value is -2.64. The van der Waals surface area contributed by atoms with Crippen LogP contribution in [0.4, 0.5) is 24.7 Å². The number of anilines is 1. The second-order valence-corrected chi connectivity index (χ2v) is 6.93. The summed E-state index contributed by atoms with van der Waals surface area (Å²) in [6.45, 7) is 0. The number of nitro groups is 1. The van der Waals surface area contributed by atoms with Crippen molar-refractivity contribution in [1.29, 1.82) is 0 Å². The smallest absolute Gasteiger partial charge is 0.417 e. The predicted molar refractivity (Wildman–Crippen MR) is 87.8 cm³/mol. The molecular weight excluding hydrogens is 417 g/mol. The Morgan fingerprint density at radius 3 is 2.48 bits per heavy atom. The molecule has 0 aliphatic carbocycles. The van der Waals surface area contributed by atoms with Crippen molar-refractivity contribution < 1.29 is 31.2 Å². The molecule has 1 aromatic carbocycles. The molecule has 2 aromatic rings. The Morgan fingerprint density at radius 2 is 1.96 bits per heavy atom. The number of pyridine rings is 1. The summed E-state index contributed by atoms with van der Waals surface area (Å²) in [6.07, 6.45) is -4.22. The summed E-state index contributed by atoms with van der Waals surface area (Å²) in [5, 5.41) is 10.3. The van der Waals surface area contributed by atoms with Gasteiger partial charge < -0.3 is 4.74 Å². The Bertz CT molecular complexity index is 984. The van der Waals surface area contributed by atoms with Crippen molar-refractivity contribution in [2.24, 2.45) is 0 Å². The number of alkyl halides is 3. The first-order chi connectivity index (χ1) is 12.5. The van der Waals surface area contributed by atoms with Crippen LogP contribution in [0.1, 0.15) is 5.56 Å². The van der Waals surface area contributed by atoms with Crippen LogP contribution in [-0.4, -0.2) is 25.4 Å². The van der Waals surface area contributed by atoms with E-state index in [1.807, 2.05) is 4.83 Å². The molecule has 0 fully saturated rings. The maximum Gasteiger partial charge on any atom is 0.417 e. The number of hydrogen-bond acceptors (Lipinski definition) is 7. The van der Waals surface area contributed by atoms with Gasteiger partial charge >= 0.3 is 6.18 Å². The zero-order chi connectivity index (χ0) is 20.4. The van der Waals surface area contributed by atoms with Gasteiger partial charge in [-0.2, -0.15) is 13.2 Å². The third-order valence-electron chi connectivity index (χ3n) is 3.12. The molecule has 146 valence electrons. The van der Waals surface area contributed by atoms with Crippen molar-refractivity contribution in [2.75, 3.05) is 12.5 Å². The van der Waals surface area contributed by atoms with Gasteiger partial charge in [0, 0.05) is 18.3 Å². The predicted octanol–water partition coefficient (Wildman–Crippen LogP) is 2.98. The summed E-state index contributed by atoms with van der Waals surface area (Å²) in [5.41, 5.74) is 0.421. The van der Waals surface area contributed by atoms with Gasteiger partial charge in [-0.3, -0.25) is 15.5 Å². The minimum Gasteiger partial charge on any atom is -0.495 e. The fourth-order valence-corrected chi connectivity index (χ4v) is 3.09. The van der Waals surface area contributed by atoms with Crippen molar-refractivity contribution >= 4 is 33.1 Å². The highest BCUT2D eigenvalue weighted by Crippen LogP contribution is 2.32. The van der Waals surface area contributed by atoms with Crippen LogP contribution < -0.4 is 15.0 Å². The Labute approximate surface area is 155 Å². The Morgan fingerprint density at radius 1 is 1.30 bits per heavy atom. The molecule has 0 aliphatic heterocycles. The van der Waals surface area contributed by atoms with Gasteiger partial charge in [0.25, 0.3) is 15.7 Å². The lowest BCUT2D eigenvalue weighted by Gasteiger charge is -2.13. The van der Waals surface area contributed by atoms with Crippen LogP contribution in [0.25, 0.3) is 0 Å². The molecule has 0 aliphatic rings. The summed E-state index contributed by atoms with van der Waals surface area (Å²) >= 11 is 5.66. The highest BCUT2D eigenvalue weighted by atomic mass is 35.5. The average Bonchev–Trinajstić information content (AvgIpc) is 2.59. The summed E-state index contributed by atoms with van der Waals surface area (Å²) in [7, 11) is -3.27. The molecule has 14 heteroatoms. The molecule has 0 bridgehead atoms. The lowest BCUT2D eigenvalue weighted by atomic mass is 10.3. The van der Waals surface area contributed by atoms with Gasteiger partial charge in [0.1, 0.15) is 10.6 Å². The quantitative estimate of drug-likeness (QED) is 0.537. The first-order valence-electron chi connectivity index (χ1n) is 6.78. The number of nitrogens with zero attached hydrogens (tertiary/aromatic N) is 2. The molecular formula is C13H10ClF3N4O5S. The molecule has 0 radical (unpaired) electrons. The Balaban J connectivity index is 2.30. The highest BCUT2D eigenvalue weighted by molar-refractivity contribution is 7.89. The first-order valence-corrected chi connectivity index (χ1v) is 8.65. The number of nitro benzene ring substituents is 1. The fourth-order valence-electron chi connectivity index (χ4n) is 1.84. The summed E-state index contributed by atoms with van der Waals surface area (Å²) < 4.78 is 67.3. The molecule has 0 amide bonds. The molecule has 0 spiro atoms. The molecule has 0 unspecified atom stereocenters. The van der Waals surface area contributed by atoms with Crippen LogP contribution >= 0.6 is 11.6 Å². The first kappa shape index (κ1) is 20.7. The van der Waals surface area contributed by atoms with Gasteiger partial charge in [0.05, 0.1) is 22.6 Å². The molecule has 2 rings (SSSR count). The zero-order valence-electron chi connectivity index (χ0n) is 13.2. The largest absolute Gasteiger partial charge is 0.495 e. The van der Waals surface area contributed by atoms with E-state index in [9.17, 15) is 31.7 Å². The van der Waals surface area contributed by atoms with E-state index in [-0.39, 0.29) is 5.75 Å². The molecule has 27 heavy (non-hydrogen) atoms. The maximum atomic E-state index is 12.6. The standard InChI is InChI=1S/C13H10ClF3N4O5S/c1-26-10-3-2-8(21(22)23)5-11(10)27(24,25)20-19-12-9(14)4-7(6-18-12)13(15,16)17/h2-6,20H,1H3,(H,18,19). The van der Waals surface area contributed by atoms with E-state index < -0.39 is 48.1 Å². The van der Waals surface area contributed by atoms with Gasteiger partial charge in [-0.05, 0) is 12.1 Å². The highest BCUT2D eigenvalue weighted by Gasteiger charge is 2.32. The van der Waals surface area contributed by atoms with Crippen molar-refractivity contribution in [2.45, 2.75) is 11.1 Å². The number of non-ortho nitro benzene ring substituents is 1. The van der Waals surface area contributed by atoms with Crippen LogP contribution in [0.15, 0.2) is 35.4 Å². The number of hydrogen-bond donors (Lipinski definition) is 2. The molecule has 2 N–H and O–H groups in total. The van der Waals surface area contributed by atoms with Crippen LogP contribution in [0.2, 0.25) is 5.02 Å². The van der Waals surface area contributed by atoms with Gasteiger partial charge in [-0.1, -0.05) is 11.6 Å². The van der Waals surface area contributed by atoms with E-state index in [2.05, 4.69) is 10.4 Å². The molecule has 0 atom stereocenters. The molecule has 9 nitrogen and oxygen atoms in total. The number of nitrogens with one attached hydrogen (secondary N) is 2. The SMILES string of the molecule is COc1ccc([N+](=O)[O-])cc1S(=O)(=O)NNc1ncc(C(F)(F)F)cc1Cl. The number of aromatic nitrogens is 1. The number of rotatable bonds is 6. The van der Waals surface area contributed by atoms with E-state index in [0.29, 0.717) is 12.3 Å². The van der Waals surface area contributed by atoms with E-state index in [1.165, 1.54) is 0 Å². The topological polar surface area (TPSA) is 123 Å². The summed E-state index contributed by atoms with van der Waals surface area (Å²) in [5.74, 6) is -0.598. The fraction of sp³-hybridized carbons (Fsp3) is 0.154. The lowest BCUT2D eigenvalue weighted by Crippen LogP contribution is -2.30. The molecule has 0 saturated heterocycles. The second-order valence-electron chi connectivity index (χ2n) is 4.87. The third kappa shape index (κ3) is 4.75. The van der Waals surface area contributed by atoms with E-state index in [4.69, 9.17) is 16.3 Å². The third-order valence-corrected chi connectivity index (χ3v) is 4.68. The van der Waals surface area contributed by atoms with Crippen molar-refractivity contribution in [1.82, 2.24) is 9.82 Å². The lowest BCUT2D eigenvalue weighted by molar-refractivity contribution is -0.385. The monoisotopic (exact) mass is 426 g/mol. The number of halogens is 4. The van der Waals surface area contributed by atoms with Crippen molar-refractivity contribution in [3.05, 3.63) is 51.2 Å². The van der Waals surface area contributed by atoms with Crippen molar-refractivity contribution in [3.63, 3.8) is 0 Å². The van der Waals surface area contributed by atoms with Gasteiger partial charge in [0.2, 0.25) is 0 Å². The second kappa shape index (κ2) is 7.54. The van der Waals surface area contributed by atoms with Crippen molar-refractivity contribution in [3.8, 4) is 5.75 Å². The van der Waals surface area contributed by atoms with Crippen LogP contribution in [0.3, 0.4) is 0 Å². The van der Waals surface area contributed by atoms with E-state index >= 15 is 0 Å². The van der Waals surface area contributed by atoms with Gasteiger partial charge in [-0.15, -0.1) is 4.83 Å². The summed E-state index contributed by atoms with van der Waals surface area (Å²) in [6, 6.07) is 3.43. The van der Waals surface area contributed by atoms with E-state index in [1.54, 1.807) is 0 Å². The Kier molecular flexibility index (Phi) is 5.77. The molecule has 0 saturated carbocycles. The number of sulfonamides is 1.